The van der Waals surface area contributed by atoms with Gasteiger partial charge < -0.3 is 19.3 Å². The van der Waals surface area contributed by atoms with E-state index in [0.29, 0.717) is 31.3 Å². The molecule has 0 radical (unpaired) electrons. The summed E-state index contributed by atoms with van der Waals surface area (Å²) < 4.78 is 17.2. The summed E-state index contributed by atoms with van der Waals surface area (Å²) in [4.78, 5) is 11.1. The second-order valence-corrected chi connectivity index (χ2v) is 7.42. The summed E-state index contributed by atoms with van der Waals surface area (Å²) in [7, 11) is 0. The molecule has 1 fully saturated rings. The van der Waals surface area contributed by atoms with Gasteiger partial charge in [-0.25, -0.2) is 0 Å². The summed E-state index contributed by atoms with van der Waals surface area (Å²) >= 11 is 1.59. The molecular weight excluding hydrogens is 378 g/mol. The summed E-state index contributed by atoms with van der Waals surface area (Å²) in [5.74, 6) is 1.92. The fourth-order valence-electron chi connectivity index (χ4n) is 2.93. The fraction of sp³-hybridized carbons (Fsp3) is 0.381. The number of aliphatic carboxylic acids is 1. The molecular formula is C21H25NO5S. The molecule has 1 aliphatic heterocycles. The minimum atomic E-state index is -0.817. The normalized spacial score (nSPS) is 18.6. The third kappa shape index (κ3) is 5.11. The summed E-state index contributed by atoms with van der Waals surface area (Å²) in [6, 6.07) is 13.0. The van der Waals surface area contributed by atoms with E-state index in [2.05, 4.69) is 5.32 Å². The third-order valence-corrected chi connectivity index (χ3v) is 5.52. The number of carboxylic acid groups (broad SMARTS) is 1. The maximum absolute atomic E-state index is 11.1. The smallest absolute Gasteiger partial charge is 0.321 e. The number of thioether (sulfide) groups is 1. The Morgan fingerprint density at radius 3 is 2.61 bits per heavy atom. The minimum Gasteiger partial charge on any atom is -0.490 e. The average Bonchev–Trinajstić information content (AvgIpc) is 3.19. The molecule has 3 rings (SSSR count). The quantitative estimate of drug-likeness (QED) is 0.658. The van der Waals surface area contributed by atoms with Gasteiger partial charge in [-0.05, 0) is 49.2 Å². The molecule has 7 heteroatoms. The Morgan fingerprint density at radius 1 is 1.11 bits per heavy atom. The highest BCUT2D eigenvalue weighted by atomic mass is 32.2. The van der Waals surface area contributed by atoms with Crippen molar-refractivity contribution in [3.05, 3.63) is 53.6 Å². The van der Waals surface area contributed by atoms with E-state index in [0.717, 1.165) is 22.6 Å². The molecule has 1 saturated heterocycles. The predicted molar refractivity (Wildman–Crippen MR) is 109 cm³/mol. The van der Waals surface area contributed by atoms with Crippen molar-refractivity contribution in [2.75, 3.05) is 19.0 Å². The summed E-state index contributed by atoms with van der Waals surface area (Å²) in [5, 5.41) is 12.2. The van der Waals surface area contributed by atoms with Crippen LogP contribution < -0.4 is 19.5 Å². The number of rotatable bonds is 9. The van der Waals surface area contributed by atoms with Crippen LogP contribution in [0.15, 0.2) is 42.5 Å². The maximum atomic E-state index is 11.1. The zero-order chi connectivity index (χ0) is 19.9. The predicted octanol–water partition coefficient (Wildman–Crippen LogP) is 3.85. The van der Waals surface area contributed by atoms with Gasteiger partial charge in [0.15, 0.2) is 11.5 Å². The maximum Gasteiger partial charge on any atom is 0.321 e. The van der Waals surface area contributed by atoms with Gasteiger partial charge in [0.25, 0.3) is 0 Å². The van der Waals surface area contributed by atoms with Gasteiger partial charge in [0.05, 0.1) is 18.6 Å². The van der Waals surface area contributed by atoms with Crippen molar-refractivity contribution < 1.29 is 24.1 Å². The largest absolute Gasteiger partial charge is 0.490 e. The molecule has 150 valence electrons. The van der Waals surface area contributed by atoms with Crippen LogP contribution in [-0.2, 0) is 11.4 Å². The van der Waals surface area contributed by atoms with Crippen LogP contribution in [0.3, 0.4) is 0 Å². The molecule has 1 heterocycles. The van der Waals surface area contributed by atoms with Crippen LogP contribution in [0.2, 0.25) is 0 Å². The van der Waals surface area contributed by atoms with E-state index >= 15 is 0 Å². The molecule has 0 saturated carbocycles. The Kier molecular flexibility index (Phi) is 7.06. The first-order valence-electron chi connectivity index (χ1n) is 9.32. The lowest BCUT2D eigenvalue weighted by atomic mass is 10.2. The molecule has 0 aromatic heterocycles. The molecule has 2 N–H and O–H groups in total. The van der Waals surface area contributed by atoms with Crippen LogP contribution in [0.1, 0.15) is 30.3 Å². The third-order valence-electron chi connectivity index (χ3n) is 4.25. The highest BCUT2D eigenvalue weighted by Gasteiger charge is 2.30. The number of nitrogens with one attached hydrogen (secondary N) is 1. The standard InChI is InChI=1S/C21H25NO5S/c1-3-25-18-9-8-14(10-19(18)26-4-2)12-27-16-7-5-6-15(11-16)20-22-17(13-28-20)21(23)24/h5-11,17,20,22H,3-4,12-13H2,1-2H3,(H,23,24). The molecule has 0 bridgehead atoms. The number of benzene rings is 2. The summed E-state index contributed by atoms with van der Waals surface area (Å²) in [5.41, 5.74) is 1.99. The van der Waals surface area contributed by atoms with Gasteiger partial charge in [0.1, 0.15) is 18.4 Å². The van der Waals surface area contributed by atoms with Crippen molar-refractivity contribution in [3.8, 4) is 17.2 Å². The number of carbonyl (C=O) groups is 1. The lowest BCUT2D eigenvalue weighted by molar-refractivity contribution is -0.138. The monoisotopic (exact) mass is 403 g/mol. The summed E-state index contributed by atoms with van der Waals surface area (Å²) in [6.07, 6.45) is 0. The Bertz CT molecular complexity index is 813. The zero-order valence-corrected chi connectivity index (χ0v) is 16.8. The molecule has 2 aromatic rings. The average molecular weight is 404 g/mol. The van der Waals surface area contributed by atoms with Gasteiger partial charge in [-0.1, -0.05) is 18.2 Å². The molecule has 2 atom stereocenters. The SMILES string of the molecule is CCOc1ccc(COc2cccc(C3NC(C(=O)O)CS3)c2)cc1OCC. The van der Waals surface area contributed by atoms with E-state index in [9.17, 15) is 4.79 Å². The van der Waals surface area contributed by atoms with Crippen LogP contribution in [0.5, 0.6) is 17.2 Å². The van der Waals surface area contributed by atoms with Crippen molar-refractivity contribution in [2.24, 2.45) is 0 Å². The molecule has 0 amide bonds. The molecule has 0 aliphatic carbocycles. The number of carboxylic acids is 1. The zero-order valence-electron chi connectivity index (χ0n) is 16.0. The van der Waals surface area contributed by atoms with E-state index in [-0.39, 0.29) is 5.37 Å². The van der Waals surface area contributed by atoms with Crippen molar-refractivity contribution in [3.63, 3.8) is 0 Å². The van der Waals surface area contributed by atoms with Gasteiger partial charge in [-0.2, -0.15) is 0 Å². The van der Waals surface area contributed by atoms with E-state index in [4.69, 9.17) is 19.3 Å². The molecule has 1 aliphatic rings. The minimum absolute atomic E-state index is 0.0420. The fourth-order valence-corrected chi connectivity index (χ4v) is 4.15. The van der Waals surface area contributed by atoms with Crippen molar-refractivity contribution in [2.45, 2.75) is 31.9 Å². The lowest BCUT2D eigenvalue weighted by Crippen LogP contribution is -2.33. The van der Waals surface area contributed by atoms with Gasteiger partial charge >= 0.3 is 5.97 Å². The lowest BCUT2D eigenvalue weighted by Gasteiger charge is -2.15. The van der Waals surface area contributed by atoms with Gasteiger partial charge in [-0.3, -0.25) is 10.1 Å². The summed E-state index contributed by atoms with van der Waals surface area (Å²) in [6.45, 7) is 5.43. The van der Waals surface area contributed by atoms with Gasteiger partial charge in [0, 0.05) is 5.75 Å². The first kappa shape index (κ1) is 20.4. The molecule has 0 spiro atoms. The van der Waals surface area contributed by atoms with Crippen molar-refractivity contribution in [1.82, 2.24) is 5.32 Å². The molecule has 2 unspecified atom stereocenters. The topological polar surface area (TPSA) is 77.0 Å². The van der Waals surface area contributed by atoms with Crippen LogP contribution in [0, 0.1) is 0 Å². The second kappa shape index (κ2) is 9.71. The van der Waals surface area contributed by atoms with Crippen LogP contribution in [0.4, 0.5) is 0 Å². The highest BCUT2D eigenvalue weighted by Crippen LogP contribution is 2.34. The van der Waals surface area contributed by atoms with Crippen LogP contribution in [0.25, 0.3) is 0 Å². The van der Waals surface area contributed by atoms with Crippen LogP contribution >= 0.6 is 11.8 Å². The first-order valence-corrected chi connectivity index (χ1v) is 10.4. The van der Waals surface area contributed by atoms with Crippen molar-refractivity contribution in [1.29, 1.82) is 0 Å². The number of hydrogen-bond acceptors (Lipinski definition) is 6. The van der Waals surface area contributed by atoms with Gasteiger partial charge in [0.2, 0.25) is 0 Å². The Balaban J connectivity index is 1.65. The Morgan fingerprint density at radius 2 is 1.89 bits per heavy atom. The molecule has 6 nitrogen and oxygen atoms in total. The number of ether oxygens (including phenoxy) is 3. The second-order valence-electron chi connectivity index (χ2n) is 6.28. The van der Waals surface area contributed by atoms with Crippen molar-refractivity contribution >= 4 is 17.7 Å². The van der Waals surface area contributed by atoms with E-state index < -0.39 is 12.0 Å². The van der Waals surface area contributed by atoms with E-state index in [1.54, 1.807) is 11.8 Å². The first-order chi connectivity index (χ1) is 13.6. The Hall–Kier alpha value is -2.38. The molecule has 2 aromatic carbocycles. The van der Waals surface area contributed by atoms with Crippen LogP contribution in [-0.4, -0.2) is 36.1 Å². The highest BCUT2D eigenvalue weighted by molar-refractivity contribution is 7.99. The van der Waals surface area contributed by atoms with E-state index in [1.165, 1.54) is 0 Å². The van der Waals surface area contributed by atoms with E-state index in [1.807, 2.05) is 56.3 Å². The Labute approximate surface area is 169 Å². The molecule has 28 heavy (non-hydrogen) atoms. The van der Waals surface area contributed by atoms with Gasteiger partial charge in [-0.15, -0.1) is 11.8 Å². The number of hydrogen-bond donors (Lipinski definition) is 2.